The smallest absolute Gasteiger partial charge is 0.204 e. The summed E-state index contributed by atoms with van der Waals surface area (Å²) >= 11 is 0. The van der Waals surface area contributed by atoms with E-state index in [1.807, 2.05) is 26.0 Å². The first-order chi connectivity index (χ1) is 14.0. The molecule has 0 heterocycles. The number of rotatable bonds is 15. The van der Waals surface area contributed by atoms with Crippen LogP contribution in [-0.4, -0.2) is 59.6 Å². The van der Waals surface area contributed by atoms with Crippen molar-refractivity contribution in [3.63, 3.8) is 0 Å². The molecule has 4 N–H and O–H groups in total. The topological polar surface area (TPSA) is 93.9 Å². The molecule has 0 saturated heterocycles. The summed E-state index contributed by atoms with van der Waals surface area (Å²) in [4.78, 5) is 14.0. The summed E-state index contributed by atoms with van der Waals surface area (Å²) in [5, 5.41) is 0. The molecule has 1 amide bonds. The molecular formula is C23H54N4O2. The van der Waals surface area contributed by atoms with Gasteiger partial charge in [0.25, 0.3) is 0 Å². The molecule has 0 rings (SSSR count). The number of methoxy groups -OCH3 is 1. The van der Waals surface area contributed by atoms with Crippen LogP contribution in [0.1, 0.15) is 96.8 Å². The minimum absolute atomic E-state index is 0.250. The number of unbranched alkanes of at least 4 members (excludes halogenated alkanes) is 13. The van der Waals surface area contributed by atoms with E-state index in [9.17, 15) is 0 Å². The molecule has 0 saturated carbocycles. The molecule has 0 aromatic carbocycles. The Morgan fingerprint density at radius 1 is 0.759 bits per heavy atom. The van der Waals surface area contributed by atoms with Crippen molar-refractivity contribution < 1.29 is 9.53 Å². The number of aliphatic imine (C=N–C) groups is 1. The molecule has 0 radical (unpaired) electrons. The van der Waals surface area contributed by atoms with E-state index < -0.39 is 0 Å². The van der Waals surface area contributed by atoms with Crippen molar-refractivity contribution >= 4 is 12.7 Å². The number of nitrogens with zero attached hydrogens (tertiary/aromatic N) is 2. The fraction of sp³-hybridized carbons (Fsp3) is 0.913. The van der Waals surface area contributed by atoms with E-state index in [-0.39, 0.29) is 6.41 Å². The van der Waals surface area contributed by atoms with Gasteiger partial charge in [-0.15, -0.1) is 0 Å². The van der Waals surface area contributed by atoms with Crippen molar-refractivity contribution in [1.29, 1.82) is 0 Å². The van der Waals surface area contributed by atoms with Crippen LogP contribution in [0.25, 0.3) is 0 Å². The van der Waals surface area contributed by atoms with E-state index in [0.717, 1.165) is 6.61 Å². The zero-order chi connectivity index (χ0) is 23.0. The van der Waals surface area contributed by atoms with Gasteiger partial charge in [0.05, 0.1) is 6.34 Å². The fourth-order valence-corrected chi connectivity index (χ4v) is 2.44. The SMILES string of the molecule is CCCCCCCCCCCCCCCCOC.CN(C)C.CN=CN.NC=O. The second kappa shape index (κ2) is 41.3. The number of carbonyl (C=O) groups excluding carboxylic acids is 1. The van der Waals surface area contributed by atoms with Gasteiger partial charge in [0, 0.05) is 20.8 Å². The zero-order valence-electron chi connectivity index (χ0n) is 20.6. The Balaban J connectivity index is -0.000000233. The molecule has 0 aliphatic carbocycles. The van der Waals surface area contributed by atoms with Crippen molar-refractivity contribution in [3.05, 3.63) is 0 Å². The Labute approximate surface area is 182 Å². The standard InChI is InChI=1S/C17H36O.C3H9N.C2H6N2.CH3NO/c1-3-4-5-6-7-8-9-10-11-12-13-14-15-16-17-18-2;1-4(2)3;1-4-2-3;2-1-3/h3-17H2,1-2H3;1-3H3;2H,1H3,(H2,3,4);1H,(H2,2,3). The van der Waals surface area contributed by atoms with E-state index >= 15 is 0 Å². The number of hydrogen-bond donors (Lipinski definition) is 2. The van der Waals surface area contributed by atoms with Gasteiger partial charge >= 0.3 is 0 Å². The molecule has 0 bridgehead atoms. The van der Waals surface area contributed by atoms with E-state index in [1.54, 1.807) is 14.2 Å². The highest BCUT2D eigenvalue weighted by atomic mass is 16.5. The molecule has 178 valence electrons. The van der Waals surface area contributed by atoms with Crippen molar-refractivity contribution in [2.75, 3.05) is 41.9 Å². The molecule has 0 spiro atoms. The van der Waals surface area contributed by atoms with Gasteiger partial charge in [-0.05, 0) is 27.6 Å². The highest BCUT2D eigenvalue weighted by Gasteiger charge is 1.93. The predicted octanol–water partition coefficient (Wildman–Crippen LogP) is 5.00. The van der Waals surface area contributed by atoms with Gasteiger partial charge in [0.15, 0.2) is 0 Å². The first-order valence-electron chi connectivity index (χ1n) is 11.4. The maximum absolute atomic E-state index is 8.58. The monoisotopic (exact) mass is 418 g/mol. The van der Waals surface area contributed by atoms with Crippen molar-refractivity contribution in [1.82, 2.24) is 4.90 Å². The lowest BCUT2D eigenvalue weighted by atomic mass is 10.0. The van der Waals surface area contributed by atoms with Gasteiger partial charge in [0.2, 0.25) is 6.41 Å². The average Bonchev–Trinajstić information content (AvgIpc) is 2.68. The summed E-state index contributed by atoms with van der Waals surface area (Å²) in [6.45, 7) is 3.23. The summed E-state index contributed by atoms with van der Waals surface area (Å²) in [7, 11) is 9.42. The van der Waals surface area contributed by atoms with Gasteiger partial charge in [-0.25, -0.2) is 0 Å². The van der Waals surface area contributed by atoms with Gasteiger partial charge in [-0.1, -0.05) is 90.4 Å². The summed E-state index contributed by atoms with van der Waals surface area (Å²) in [5.74, 6) is 0. The van der Waals surface area contributed by atoms with Gasteiger partial charge in [0.1, 0.15) is 0 Å². The molecule has 0 aliphatic heterocycles. The number of nitrogens with two attached hydrogens (primary N) is 2. The third-order valence-corrected chi connectivity index (χ3v) is 3.85. The summed E-state index contributed by atoms with van der Waals surface area (Å²) < 4.78 is 5.05. The van der Waals surface area contributed by atoms with Crippen LogP contribution in [0, 0.1) is 0 Å². The number of primary amides is 1. The van der Waals surface area contributed by atoms with Crippen molar-refractivity contribution in [2.24, 2.45) is 16.5 Å². The minimum atomic E-state index is 0.250. The third-order valence-electron chi connectivity index (χ3n) is 3.85. The first-order valence-corrected chi connectivity index (χ1v) is 11.4. The van der Waals surface area contributed by atoms with E-state index in [1.165, 1.54) is 96.2 Å². The molecule has 6 heteroatoms. The lowest BCUT2D eigenvalue weighted by Gasteiger charge is -2.03. The highest BCUT2D eigenvalue weighted by Crippen LogP contribution is 2.12. The normalized spacial score (nSPS) is 9.76. The zero-order valence-corrected chi connectivity index (χ0v) is 20.6. The molecule has 6 nitrogen and oxygen atoms in total. The average molecular weight is 419 g/mol. The molecule has 0 fully saturated rings. The largest absolute Gasteiger partial charge is 0.390 e. The van der Waals surface area contributed by atoms with Crippen LogP contribution in [0.4, 0.5) is 0 Å². The number of ether oxygens (including phenoxy) is 1. The van der Waals surface area contributed by atoms with E-state index in [2.05, 4.69) is 17.6 Å². The Hall–Kier alpha value is -1.14. The van der Waals surface area contributed by atoms with Gasteiger partial charge in [-0.2, -0.15) is 0 Å². The number of carbonyl (C=O) groups is 1. The molecule has 0 atom stereocenters. The van der Waals surface area contributed by atoms with Crippen LogP contribution < -0.4 is 11.5 Å². The summed E-state index contributed by atoms with van der Waals surface area (Å²) in [6.07, 6.45) is 21.4. The third kappa shape index (κ3) is 75.2. The quantitative estimate of drug-likeness (QED) is 0.169. The predicted molar refractivity (Wildman–Crippen MR) is 131 cm³/mol. The van der Waals surface area contributed by atoms with Crippen LogP contribution in [0.2, 0.25) is 0 Å². The van der Waals surface area contributed by atoms with E-state index in [0.29, 0.717) is 0 Å². The first kappa shape index (κ1) is 35.3. The van der Waals surface area contributed by atoms with E-state index in [4.69, 9.17) is 15.3 Å². The van der Waals surface area contributed by atoms with Gasteiger partial charge < -0.3 is 21.1 Å². The van der Waals surface area contributed by atoms with Crippen molar-refractivity contribution in [2.45, 2.75) is 96.8 Å². The minimum Gasteiger partial charge on any atom is -0.390 e. The maximum atomic E-state index is 8.58. The van der Waals surface area contributed by atoms with Gasteiger partial charge in [-0.3, -0.25) is 9.79 Å². The number of amides is 1. The lowest BCUT2D eigenvalue weighted by Crippen LogP contribution is -1.99. The van der Waals surface area contributed by atoms with Crippen LogP contribution in [0.5, 0.6) is 0 Å². The summed E-state index contributed by atoms with van der Waals surface area (Å²) in [6, 6.07) is 0. The molecular weight excluding hydrogens is 364 g/mol. The Morgan fingerprint density at radius 3 is 1.21 bits per heavy atom. The Morgan fingerprint density at radius 2 is 1.00 bits per heavy atom. The van der Waals surface area contributed by atoms with Crippen LogP contribution in [0.15, 0.2) is 4.99 Å². The summed E-state index contributed by atoms with van der Waals surface area (Å²) in [5.41, 5.74) is 8.90. The van der Waals surface area contributed by atoms with Crippen LogP contribution in [0.3, 0.4) is 0 Å². The van der Waals surface area contributed by atoms with Crippen LogP contribution in [-0.2, 0) is 9.53 Å². The molecule has 0 aromatic heterocycles. The van der Waals surface area contributed by atoms with Crippen LogP contribution >= 0.6 is 0 Å². The van der Waals surface area contributed by atoms with Crippen molar-refractivity contribution in [3.8, 4) is 0 Å². The highest BCUT2D eigenvalue weighted by molar-refractivity contribution is 5.50. The second-order valence-electron chi connectivity index (χ2n) is 7.47. The maximum Gasteiger partial charge on any atom is 0.204 e. The molecule has 29 heavy (non-hydrogen) atoms. The lowest BCUT2D eigenvalue weighted by molar-refractivity contribution is -0.106. The Bertz CT molecular complexity index is 253. The second-order valence-corrected chi connectivity index (χ2v) is 7.47. The number of hydrogen-bond acceptors (Lipinski definition) is 4. The Kier molecular flexibility index (Phi) is 50.3. The molecule has 0 unspecified atom stereocenters. The fourth-order valence-electron chi connectivity index (χ4n) is 2.44. The molecule has 0 aromatic rings. The molecule has 0 aliphatic rings.